The maximum Gasteiger partial charge on any atom is 0.269 e. The maximum atomic E-state index is 10.1. The van der Waals surface area contributed by atoms with Crippen molar-refractivity contribution in [3.05, 3.63) is 12.2 Å². The molecule has 0 aromatic rings. The molecule has 0 aliphatic rings. The van der Waals surface area contributed by atoms with Crippen LogP contribution in [0, 0.1) is 0 Å². The van der Waals surface area contributed by atoms with Gasteiger partial charge < -0.3 is 4.74 Å². The molecule has 0 spiro atoms. The van der Waals surface area contributed by atoms with Crippen molar-refractivity contribution in [2.75, 3.05) is 14.2 Å². The van der Waals surface area contributed by atoms with Crippen LogP contribution in [-0.2, 0) is 9.53 Å². The largest absolute Gasteiger partial charge is 0.388 e. The van der Waals surface area contributed by atoms with Crippen LogP contribution in [0.1, 0.15) is 6.92 Å². The monoisotopic (exact) mass is 147 g/mol. The summed E-state index contributed by atoms with van der Waals surface area (Å²) in [7, 11) is 3.25. The smallest absolute Gasteiger partial charge is 0.269 e. The van der Waals surface area contributed by atoms with Crippen molar-refractivity contribution in [2.45, 2.75) is 6.92 Å². The summed E-state index contributed by atoms with van der Waals surface area (Å²) in [4.78, 5) is 10.1. The van der Waals surface area contributed by atoms with Gasteiger partial charge in [0, 0.05) is 19.8 Å². The highest BCUT2D eigenvalue weighted by molar-refractivity contribution is 5.91. The number of ether oxygens (including phenoxy) is 1. The first-order valence-corrected chi connectivity index (χ1v) is 2.60. The van der Waals surface area contributed by atoms with E-state index in [0.717, 1.165) is 0 Å². The molecule has 0 rings (SSSR count). The van der Waals surface area contributed by atoms with Crippen LogP contribution >= 0.6 is 0 Å². The van der Waals surface area contributed by atoms with Gasteiger partial charge in [-0.05, 0) is 6.92 Å². The SMILES string of the molecule is C=C(C)C(=O)NO.COC. The molecule has 0 fully saturated rings. The van der Waals surface area contributed by atoms with E-state index in [1.54, 1.807) is 14.2 Å². The Morgan fingerprint density at radius 3 is 1.90 bits per heavy atom. The van der Waals surface area contributed by atoms with Crippen LogP contribution in [0.15, 0.2) is 12.2 Å². The Bertz CT molecular complexity index is 112. The van der Waals surface area contributed by atoms with E-state index in [0.29, 0.717) is 5.57 Å². The molecule has 60 valence electrons. The van der Waals surface area contributed by atoms with E-state index in [9.17, 15) is 4.79 Å². The normalized spacial score (nSPS) is 7.20. The minimum absolute atomic E-state index is 0.294. The Labute approximate surface area is 60.5 Å². The lowest BCUT2D eigenvalue weighted by molar-refractivity contribution is -0.125. The summed E-state index contributed by atoms with van der Waals surface area (Å²) in [5.41, 5.74) is 1.72. The van der Waals surface area contributed by atoms with Gasteiger partial charge in [-0.25, -0.2) is 5.48 Å². The highest BCUT2D eigenvalue weighted by Gasteiger charge is 1.94. The Kier molecular flexibility index (Phi) is 9.65. The molecule has 2 N–H and O–H groups in total. The van der Waals surface area contributed by atoms with Crippen LogP contribution in [0.3, 0.4) is 0 Å². The molecule has 0 aliphatic carbocycles. The third kappa shape index (κ3) is 10.2. The number of amides is 1. The number of hydrogen-bond donors (Lipinski definition) is 2. The Morgan fingerprint density at radius 2 is 1.90 bits per heavy atom. The number of hydrogen-bond acceptors (Lipinski definition) is 3. The average Bonchev–Trinajstić information content (AvgIpc) is 1.88. The minimum atomic E-state index is -0.542. The minimum Gasteiger partial charge on any atom is -0.388 e. The highest BCUT2D eigenvalue weighted by atomic mass is 16.5. The third-order valence-electron chi connectivity index (χ3n) is 0.489. The second kappa shape index (κ2) is 8.13. The molecule has 0 heterocycles. The average molecular weight is 147 g/mol. The second-order valence-corrected chi connectivity index (χ2v) is 1.63. The molecule has 0 saturated carbocycles. The van der Waals surface area contributed by atoms with Gasteiger partial charge in [0.05, 0.1) is 0 Å². The summed E-state index contributed by atoms with van der Waals surface area (Å²) in [5, 5.41) is 7.84. The van der Waals surface area contributed by atoms with Crippen LogP contribution in [0.5, 0.6) is 0 Å². The molecule has 0 unspecified atom stereocenters. The topological polar surface area (TPSA) is 58.6 Å². The van der Waals surface area contributed by atoms with Gasteiger partial charge in [-0.1, -0.05) is 6.58 Å². The summed E-state index contributed by atoms with van der Waals surface area (Å²) in [5.74, 6) is -0.542. The van der Waals surface area contributed by atoms with E-state index in [1.165, 1.54) is 12.4 Å². The first kappa shape index (κ1) is 11.9. The fraction of sp³-hybridized carbons (Fsp3) is 0.500. The first-order valence-electron chi connectivity index (χ1n) is 2.60. The predicted molar refractivity (Wildman–Crippen MR) is 37.7 cm³/mol. The van der Waals surface area contributed by atoms with Crippen molar-refractivity contribution in [2.24, 2.45) is 0 Å². The van der Waals surface area contributed by atoms with Crippen molar-refractivity contribution in [3.63, 3.8) is 0 Å². The van der Waals surface area contributed by atoms with E-state index in [-0.39, 0.29) is 0 Å². The van der Waals surface area contributed by atoms with E-state index in [2.05, 4.69) is 11.3 Å². The molecule has 4 nitrogen and oxygen atoms in total. The Balaban J connectivity index is 0. The zero-order valence-corrected chi connectivity index (χ0v) is 6.47. The standard InChI is InChI=1S/C4H7NO2.C2H6O/c1-3(2)4(6)5-7;1-3-2/h7H,1H2,2H3,(H,5,6);1-2H3. The van der Waals surface area contributed by atoms with Gasteiger partial charge in [-0.15, -0.1) is 0 Å². The van der Waals surface area contributed by atoms with Crippen molar-refractivity contribution < 1.29 is 14.7 Å². The Hall–Kier alpha value is -0.870. The number of rotatable bonds is 1. The number of nitrogens with one attached hydrogen (secondary N) is 1. The Morgan fingerprint density at radius 1 is 1.60 bits per heavy atom. The van der Waals surface area contributed by atoms with Crippen molar-refractivity contribution >= 4 is 5.91 Å². The molecule has 0 atom stereocenters. The lowest BCUT2D eigenvalue weighted by atomic mass is 10.3. The molecule has 10 heavy (non-hydrogen) atoms. The molecule has 0 radical (unpaired) electrons. The fourth-order valence-electron chi connectivity index (χ4n) is 0.0954. The van der Waals surface area contributed by atoms with Crippen LogP contribution in [0.2, 0.25) is 0 Å². The van der Waals surface area contributed by atoms with Crippen LogP contribution in [-0.4, -0.2) is 25.3 Å². The quantitative estimate of drug-likeness (QED) is 0.319. The van der Waals surface area contributed by atoms with Crippen molar-refractivity contribution in [1.82, 2.24) is 5.48 Å². The molecule has 0 aromatic carbocycles. The summed E-state index contributed by atoms with van der Waals surface area (Å²) in [6.07, 6.45) is 0. The number of hydroxylamine groups is 1. The van der Waals surface area contributed by atoms with Crippen molar-refractivity contribution in [3.8, 4) is 0 Å². The van der Waals surface area contributed by atoms with Gasteiger partial charge in [0.2, 0.25) is 0 Å². The second-order valence-electron chi connectivity index (χ2n) is 1.63. The summed E-state index contributed by atoms with van der Waals surface area (Å²) in [6.45, 7) is 4.76. The summed E-state index contributed by atoms with van der Waals surface area (Å²) in [6, 6.07) is 0. The maximum absolute atomic E-state index is 10.1. The van der Waals surface area contributed by atoms with E-state index in [1.807, 2.05) is 0 Å². The molecule has 0 saturated heterocycles. The molecule has 0 aliphatic heterocycles. The highest BCUT2D eigenvalue weighted by Crippen LogP contribution is 1.81. The zero-order chi connectivity index (χ0) is 8.57. The molecular weight excluding hydrogens is 134 g/mol. The molecular formula is C6H13NO3. The van der Waals surface area contributed by atoms with Crippen LogP contribution < -0.4 is 5.48 Å². The first-order chi connectivity index (χ1) is 4.59. The molecule has 1 amide bonds. The number of carbonyl (C=O) groups is 1. The van der Waals surface area contributed by atoms with E-state index >= 15 is 0 Å². The number of carbonyl (C=O) groups excluding carboxylic acids is 1. The number of methoxy groups -OCH3 is 1. The lowest BCUT2D eigenvalue weighted by Crippen LogP contribution is -2.18. The van der Waals surface area contributed by atoms with Crippen LogP contribution in [0.25, 0.3) is 0 Å². The fourth-order valence-corrected chi connectivity index (χ4v) is 0.0954. The molecule has 0 bridgehead atoms. The zero-order valence-electron chi connectivity index (χ0n) is 6.47. The summed E-state index contributed by atoms with van der Waals surface area (Å²) >= 11 is 0. The van der Waals surface area contributed by atoms with Gasteiger partial charge in [0.25, 0.3) is 5.91 Å². The van der Waals surface area contributed by atoms with E-state index < -0.39 is 5.91 Å². The van der Waals surface area contributed by atoms with Gasteiger partial charge >= 0.3 is 0 Å². The van der Waals surface area contributed by atoms with Gasteiger partial charge in [-0.2, -0.15) is 0 Å². The molecule has 4 heteroatoms. The lowest BCUT2D eigenvalue weighted by Gasteiger charge is -1.90. The van der Waals surface area contributed by atoms with Crippen LogP contribution in [0.4, 0.5) is 0 Å². The van der Waals surface area contributed by atoms with Gasteiger partial charge in [-0.3, -0.25) is 10.0 Å². The van der Waals surface area contributed by atoms with Gasteiger partial charge in [0.1, 0.15) is 0 Å². The van der Waals surface area contributed by atoms with Crippen molar-refractivity contribution in [1.29, 1.82) is 0 Å². The summed E-state index contributed by atoms with van der Waals surface area (Å²) < 4.78 is 4.25. The van der Waals surface area contributed by atoms with E-state index in [4.69, 9.17) is 5.21 Å². The molecule has 0 aromatic heterocycles. The predicted octanol–water partition coefficient (Wildman–Crippen LogP) is 0.330. The third-order valence-corrected chi connectivity index (χ3v) is 0.489. The van der Waals surface area contributed by atoms with Gasteiger partial charge in [0.15, 0.2) is 0 Å².